The van der Waals surface area contributed by atoms with Crippen molar-refractivity contribution in [1.82, 2.24) is 9.46 Å². The Bertz CT molecular complexity index is 1040. The number of anilines is 1. The van der Waals surface area contributed by atoms with E-state index in [1.54, 1.807) is 13.8 Å². The van der Waals surface area contributed by atoms with Gasteiger partial charge in [0.15, 0.2) is 0 Å². The van der Waals surface area contributed by atoms with E-state index in [9.17, 15) is 13.2 Å². The molecule has 2 aromatic carbocycles. The predicted molar refractivity (Wildman–Crippen MR) is 106 cm³/mol. The normalized spacial score (nSPS) is 11.5. The summed E-state index contributed by atoms with van der Waals surface area (Å²) < 4.78 is 31.6. The predicted octanol–water partition coefficient (Wildman–Crippen LogP) is 3.62. The Balaban J connectivity index is 1.79. The zero-order chi connectivity index (χ0) is 20.1. The van der Waals surface area contributed by atoms with Gasteiger partial charge in [-0.1, -0.05) is 49.3 Å². The van der Waals surface area contributed by atoms with Gasteiger partial charge in [-0.05, 0) is 29.8 Å². The molecule has 3 aromatic rings. The van der Waals surface area contributed by atoms with Crippen LogP contribution in [0.4, 0.5) is 5.88 Å². The quantitative estimate of drug-likeness (QED) is 0.655. The Kier molecular flexibility index (Phi) is 5.91. The smallest absolute Gasteiger partial charge is 0.258 e. The van der Waals surface area contributed by atoms with Crippen molar-refractivity contribution in [3.05, 3.63) is 66.4 Å². The van der Waals surface area contributed by atoms with Crippen molar-refractivity contribution in [3.8, 4) is 11.1 Å². The highest BCUT2D eigenvalue weighted by molar-refractivity contribution is 7.89. The molecule has 0 unspecified atom stereocenters. The molecule has 28 heavy (non-hydrogen) atoms. The summed E-state index contributed by atoms with van der Waals surface area (Å²) in [7, 11) is -3.56. The van der Waals surface area contributed by atoms with Crippen molar-refractivity contribution < 1.29 is 17.7 Å². The second-order valence-corrected chi connectivity index (χ2v) is 7.94. The lowest BCUT2D eigenvalue weighted by Crippen LogP contribution is -2.30. The summed E-state index contributed by atoms with van der Waals surface area (Å²) in [6.45, 7) is 4.33. The molecule has 0 spiro atoms. The highest BCUT2D eigenvalue weighted by atomic mass is 32.2. The van der Waals surface area contributed by atoms with E-state index >= 15 is 0 Å². The van der Waals surface area contributed by atoms with Crippen molar-refractivity contribution in [2.75, 3.05) is 18.4 Å². The van der Waals surface area contributed by atoms with E-state index in [-0.39, 0.29) is 10.8 Å². The van der Waals surface area contributed by atoms with Gasteiger partial charge in [0, 0.05) is 18.7 Å². The molecule has 0 aliphatic heterocycles. The first-order valence-corrected chi connectivity index (χ1v) is 10.3. The number of carbonyl (C=O) groups is 1. The van der Waals surface area contributed by atoms with Crippen molar-refractivity contribution in [2.45, 2.75) is 18.7 Å². The van der Waals surface area contributed by atoms with Crippen molar-refractivity contribution in [2.24, 2.45) is 0 Å². The fourth-order valence-corrected chi connectivity index (χ4v) is 4.28. The minimum absolute atomic E-state index is 0.150. The van der Waals surface area contributed by atoms with Gasteiger partial charge in [-0.25, -0.2) is 8.42 Å². The van der Waals surface area contributed by atoms with Gasteiger partial charge in [0.25, 0.3) is 5.91 Å². The van der Waals surface area contributed by atoms with E-state index in [4.69, 9.17) is 4.52 Å². The highest BCUT2D eigenvalue weighted by Gasteiger charge is 2.22. The van der Waals surface area contributed by atoms with Crippen molar-refractivity contribution in [1.29, 1.82) is 0 Å². The molecule has 0 atom stereocenters. The Hall–Kier alpha value is -2.97. The standard InChI is InChI=1S/C20H21N3O4S/c1-3-23(4-2)28(25,26)17-12-10-16(11-13-17)19(24)22-20-18(14-21-27-20)15-8-6-5-7-9-15/h5-14H,3-4H2,1-2H3,(H,22,24). The fourth-order valence-electron chi connectivity index (χ4n) is 2.82. The maximum absolute atomic E-state index is 12.5. The summed E-state index contributed by atoms with van der Waals surface area (Å²) in [5, 5.41) is 6.44. The maximum atomic E-state index is 12.5. The van der Waals surface area contributed by atoms with Gasteiger partial charge in [0.1, 0.15) is 0 Å². The molecular formula is C20H21N3O4S. The first-order chi connectivity index (χ1) is 13.5. The van der Waals surface area contributed by atoms with Gasteiger partial charge in [-0.15, -0.1) is 0 Å². The minimum Gasteiger partial charge on any atom is -0.338 e. The SMILES string of the molecule is CCN(CC)S(=O)(=O)c1ccc(C(=O)Nc2oncc2-c2ccccc2)cc1. The fraction of sp³-hybridized carbons (Fsp3) is 0.200. The number of nitrogens with zero attached hydrogens (tertiary/aromatic N) is 2. The largest absolute Gasteiger partial charge is 0.338 e. The first kappa shape index (κ1) is 19.8. The molecule has 1 N–H and O–H groups in total. The molecule has 1 amide bonds. The van der Waals surface area contributed by atoms with Crippen LogP contribution in [0.15, 0.2) is 70.2 Å². The molecule has 0 aliphatic carbocycles. The summed E-state index contributed by atoms with van der Waals surface area (Å²) in [5.41, 5.74) is 1.84. The molecule has 0 bridgehead atoms. The van der Waals surface area contributed by atoms with E-state index < -0.39 is 15.9 Å². The van der Waals surface area contributed by atoms with Crippen molar-refractivity contribution >= 4 is 21.8 Å². The van der Waals surface area contributed by atoms with Crippen LogP contribution in [0.2, 0.25) is 0 Å². The number of sulfonamides is 1. The molecule has 0 fully saturated rings. The average Bonchev–Trinajstić information content (AvgIpc) is 3.17. The number of nitrogens with one attached hydrogen (secondary N) is 1. The van der Waals surface area contributed by atoms with E-state index in [0.717, 1.165) is 5.56 Å². The zero-order valence-corrected chi connectivity index (χ0v) is 16.4. The molecule has 7 nitrogen and oxygen atoms in total. The van der Waals surface area contributed by atoms with Crippen molar-refractivity contribution in [3.63, 3.8) is 0 Å². The Morgan fingerprint density at radius 2 is 1.68 bits per heavy atom. The molecule has 0 saturated carbocycles. The number of rotatable bonds is 7. The molecule has 0 saturated heterocycles. The van der Waals surface area contributed by atoms with E-state index in [1.165, 1.54) is 34.8 Å². The third kappa shape index (κ3) is 3.97. The molecule has 146 valence electrons. The monoisotopic (exact) mass is 399 g/mol. The zero-order valence-electron chi connectivity index (χ0n) is 15.6. The lowest BCUT2D eigenvalue weighted by molar-refractivity contribution is 0.102. The number of benzene rings is 2. The topological polar surface area (TPSA) is 92.5 Å². The molecule has 3 rings (SSSR count). The third-order valence-electron chi connectivity index (χ3n) is 4.34. The number of hydrogen-bond donors (Lipinski definition) is 1. The number of amides is 1. The lowest BCUT2D eigenvalue weighted by Gasteiger charge is -2.18. The van der Waals surface area contributed by atoms with Gasteiger partial charge in [-0.2, -0.15) is 4.31 Å². The van der Waals surface area contributed by atoms with E-state index in [2.05, 4.69) is 10.5 Å². The average molecular weight is 399 g/mol. The summed E-state index contributed by atoms with van der Waals surface area (Å²) in [6, 6.07) is 15.2. The minimum atomic E-state index is -3.56. The van der Waals surface area contributed by atoms with E-state index in [0.29, 0.717) is 24.2 Å². The summed E-state index contributed by atoms with van der Waals surface area (Å²) in [6.07, 6.45) is 1.53. The summed E-state index contributed by atoms with van der Waals surface area (Å²) in [5.74, 6) is -0.184. The van der Waals surface area contributed by atoms with Gasteiger partial charge in [0.05, 0.1) is 16.7 Å². The van der Waals surface area contributed by atoms with Crippen LogP contribution in [0.1, 0.15) is 24.2 Å². The lowest BCUT2D eigenvalue weighted by atomic mass is 10.1. The summed E-state index contributed by atoms with van der Waals surface area (Å²) >= 11 is 0. The third-order valence-corrected chi connectivity index (χ3v) is 6.41. The van der Waals surface area contributed by atoms with Gasteiger partial charge < -0.3 is 4.52 Å². The first-order valence-electron chi connectivity index (χ1n) is 8.89. The van der Waals surface area contributed by atoms with Gasteiger partial charge >= 0.3 is 0 Å². The van der Waals surface area contributed by atoms with Gasteiger partial charge in [-0.3, -0.25) is 10.1 Å². The Morgan fingerprint density at radius 3 is 2.29 bits per heavy atom. The van der Waals surface area contributed by atoms with Crippen LogP contribution < -0.4 is 5.32 Å². The van der Waals surface area contributed by atoms with Crippen LogP contribution in [-0.4, -0.2) is 36.9 Å². The second kappa shape index (κ2) is 8.37. The highest BCUT2D eigenvalue weighted by Crippen LogP contribution is 2.28. The molecule has 1 heterocycles. The molecule has 0 aliphatic rings. The van der Waals surface area contributed by atoms with Crippen LogP contribution in [0.5, 0.6) is 0 Å². The second-order valence-electron chi connectivity index (χ2n) is 6.00. The molecule has 8 heteroatoms. The van der Waals surface area contributed by atoms with Crippen LogP contribution in [-0.2, 0) is 10.0 Å². The molecular weight excluding hydrogens is 378 g/mol. The van der Waals surface area contributed by atoms with Gasteiger partial charge in [0.2, 0.25) is 15.9 Å². The molecule has 1 aromatic heterocycles. The number of hydrogen-bond acceptors (Lipinski definition) is 5. The van der Waals surface area contributed by atoms with Crippen LogP contribution in [0.3, 0.4) is 0 Å². The maximum Gasteiger partial charge on any atom is 0.258 e. The van der Waals surface area contributed by atoms with Crippen LogP contribution in [0.25, 0.3) is 11.1 Å². The van der Waals surface area contributed by atoms with Crippen LogP contribution >= 0.6 is 0 Å². The number of carbonyl (C=O) groups excluding carboxylic acids is 1. The van der Waals surface area contributed by atoms with Crippen LogP contribution in [0, 0.1) is 0 Å². The number of aromatic nitrogens is 1. The Labute approximate surface area is 164 Å². The Morgan fingerprint density at radius 1 is 1.04 bits per heavy atom. The van der Waals surface area contributed by atoms with E-state index in [1.807, 2.05) is 30.3 Å². The summed E-state index contributed by atoms with van der Waals surface area (Å²) in [4.78, 5) is 12.7. The molecule has 0 radical (unpaired) electrons.